The zero-order chi connectivity index (χ0) is 9.56. The normalized spacial score (nSPS) is 12.7. The predicted molar refractivity (Wildman–Crippen MR) is 49.0 cm³/mol. The zero-order valence-corrected chi connectivity index (χ0v) is 8.46. The van der Waals surface area contributed by atoms with Crippen molar-refractivity contribution in [3.8, 4) is 0 Å². The first-order valence-electron chi connectivity index (χ1n) is 4.37. The van der Waals surface area contributed by atoms with Crippen LogP contribution in [0.5, 0.6) is 0 Å². The molecule has 0 radical (unpaired) electrons. The molecule has 3 nitrogen and oxygen atoms in total. The van der Waals surface area contributed by atoms with Gasteiger partial charge in [-0.05, 0) is 6.42 Å². The van der Waals surface area contributed by atoms with Gasteiger partial charge in [0, 0.05) is 21.2 Å². The Morgan fingerprint density at radius 3 is 2.42 bits per heavy atom. The Morgan fingerprint density at radius 1 is 1.50 bits per heavy atom. The molecule has 0 aliphatic carbocycles. The number of likely N-dealkylation sites (N-methyl/N-ethyl adjacent to an activating group) is 1. The van der Waals surface area contributed by atoms with Gasteiger partial charge in [-0.2, -0.15) is 0 Å². The number of hydrogen-bond acceptors (Lipinski definition) is 2. The molecule has 0 aromatic rings. The van der Waals surface area contributed by atoms with Gasteiger partial charge >= 0.3 is 0 Å². The summed E-state index contributed by atoms with van der Waals surface area (Å²) in [6.45, 7) is 2.10. The Balaban J connectivity index is 3.88. The number of carbonyl (C=O) groups excluding carboxylic acids is 1. The van der Waals surface area contributed by atoms with E-state index in [1.165, 1.54) is 0 Å². The fourth-order valence-corrected chi connectivity index (χ4v) is 1.02. The lowest BCUT2D eigenvalue weighted by atomic mass is 10.1. The van der Waals surface area contributed by atoms with Gasteiger partial charge in [-0.25, -0.2) is 0 Å². The van der Waals surface area contributed by atoms with E-state index in [4.69, 9.17) is 4.74 Å². The molecule has 1 unspecified atom stereocenters. The Morgan fingerprint density at radius 2 is 2.08 bits per heavy atom. The number of rotatable bonds is 5. The Labute approximate surface area is 74.7 Å². The molecule has 0 N–H and O–H groups in total. The van der Waals surface area contributed by atoms with Crippen LogP contribution >= 0.6 is 0 Å². The summed E-state index contributed by atoms with van der Waals surface area (Å²) in [5.74, 6) is 0.0611. The fraction of sp³-hybridized carbons (Fsp3) is 0.889. The topological polar surface area (TPSA) is 29.5 Å². The molecule has 72 valence electrons. The number of nitrogens with zero attached hydrogens (tertiary/aromatic N) is 1. The zero-order valence-electron chi connectivity index (χ0n) is 8.46. The Bertz CT molecular complexity index is 134. The van der Waals surface area contributed by atoms with Crippen molar-refractivity contribution in [2.45, 2.75) is 32.3 Å². The average Bonchev–Trinajstić information content (AvgIpc) is 2.05. The highest BCUT2D eigenvalue weighted by Gasteiger charge is 2.18. The van der Waals surface area contributed by atoms with E-state index in [9.17, 15) is 4.79 Å². The molecular formula is C9H19NO2. The predicted octanol–water partition coefficient (Wildman–Crippen LogP) is 1.28. The van der Waals surface area contributed by atoms with Crippen molar-refractivity contribution in [1.29, 1.82) is 0 Å². The highest BCUT2D eigenvalue weighted by Crippen LogP contribution is 2.05. The largest absolute Gasteiger partial charge is 0.372 e. The molecule has 0 aromatic carbocycles. The number of amides is 1. The summed E-state index contributed by atoms with van der Waals surface area (Å²) < 4.78 is 5.08. The fourth-order valence-electron chi connectivity index (χ4n) is 1.02. The van der Waals surface area contributed by atoms with E-state index in [-0.39, 0.29) is 12.0 Å². The van der Waals surface area contributed by atoms with Crippen LogP contribution in [0.3, 0.4) is 0 Å². The molecular weight excluding hydrogens is 154 g/mol. The lowest BCUT2D eigenvalue weighted by Gasteiger charge is -2.18. The Hall–Kier alpha value is -0.570. The monoisotopic (exact) mass is 173 g/mol. The van der Waals surface area contributed by atoms with Gasteiger partial charge in [0.15, 0.2) is 0 Å². The van der Waals surface area contributed by atoms with Gasteiger partial charge in [-0.1, -0.05) is 19.8 Å². The third-order valence-electron chi connectivity index (χ3n) is 1.82. The molecule has 3 heteroatoms. The summed E-state index contributed by atoms with van der Waals surface area (Å²) in [6, 6.07) is 0. The van der Waals surface area contributed by atoms with Gasteiger partial charge < -0.3 is 9.64 Å². The molecule has 0 fully saturated rings. The molecule has 0 spiro atoms. The van der Waals surface area contributed by atoms with E-state index in [2.05, 4.69) is 6.92 Å². The number of carbonyl (C=O) groups is 1. The molecule has 0 aliphatic heterocycles. The van der Waals surface area contributed by atoms with Crippen molar-refractivity contribution in [3.05, 3.63) is 0 Å². The van der Waals surface area contributed by atoms with Crippen LogP contribution in [0.25, 0.3) is 0 Å². The molecule has 1 amide bonds. The van der Waals surface area contributed by atoms with Crippen LogP contribution in [-0.4, -0.2) is 38.1 Å². The van der Waals surface area contributed by atoms with Crippen LogP contribution in [0.1, 0.15) is 26.2 Å². The number of ether oxygens (including phenoxy) is 1. The second-order valence-electron chi connectivity index (χ2n) is 3.10. The molecule has 0 rings (SSSR count). The lowest BCUT2D eigenvalue weighted by molar-refractivity contribution is -0.139. The lowest BCUT2D eigenvalue weighted by Crippen LogP contribution is -2.34. The van der Waals surface area contributed by atoms with Gasteiger partial charge in [0.2, 0.25) is 0 Å². The van der Waals surface area contributed by atoms with Crippen molar-refractivity contribution in [2.24, 2.45) is 0 Å². The first-order valence-corrected chi connectivity index (χ1v) is 4.37. The van der Waals surface area contributed by atoms with E-state index in [0.29, 0.717) is 0 Å². The quantitative estimate of drug-likeness (QED) is 0.626. The van der Waals surface area contributed by atoms with Crippen molar-refractivity contribution in [3.63, 3.8) is 0 Å². The Kier molecular flexibility index (Phi) is 5.72. The van der Waals surface area contributed by atoms with E-state index in [1.807, 2.05) is 0 Å². The summed E-state index contributed by atoms with van der Waals surface area (Å²) in [6.07, 6.45) is 2.71. The summed E-state index contributed by atoms with van der Waals surface area (Å²) >= 11 is 0. The summed E-state index contributed by atoms with van der Waals surface area (Å²) in [5, 5.41) is 0. The minimum absolute atomic E-state index is 0.0611. The van der Waals surface area contributed by atoms with Crippen LogP contribution < -0.4 is 0 Å². The second-order valence-corrected chi connectivity index (χ2v) is 3.10. The van der Waals surface area contributed by atoms with Crippen molar-refractivity contribution in [2.75, 3.05) is 21.2 Å². The third-order valence-corrected chi connectivity index (χ3v) is 1.82. The number of hydrogen-bond donors (Lipinski definition) is 0. The van der Waals surface area contributed by atoms with Gasteiger partial charge in [-0.15, -0.1) is 0 Å². The minimum Gasteiger partial charge on any atom is -0.372 e. The molecule has 0 aliphatic rings. The molecule has 12 heavy (non-hydrogen) atoms. The van der Waals surface area contributed by atoms with E-state index in [0.717, 1.165) is 19.3 Å². The summed E-state index contributed by atoms with van der Waals surface area (Å²) in [4.78, 5) is 13.0. The molecule has 0 heterocycles. The highest BCUT2D eigenvalue weighted by molar-refractivity contribution is 5.80. The maximum atomic E-state index is 11.4. The molecule has 0 bridgehead atoms. The SMILES string of the molecule is CCCCC(OC)C(=O)N(C)C. The first kappa shape index (κ1) is 11.4. The smallest absolute Gasteiger partial charge is 0.251 e. The van der Waals surface area contributed by atoms with Crippen LogP contribution in [0.2, 0.25) is 0 Å². The average molecular weight is 173 g/mol. The maximum absolute atomic E-state index is 11.4. The third kappa shape index (κ3) is 3.72. The van der Waals surface area contributed by atoms with Gasteiger partial charge in [0.1, 0.15) is 6.10 Å². The molecule has 0 aromatic heterocycles. The van der Waals surface area contributed by atoms with Gasteiger partial charge in [-0.3, -0.25) is 4.79 Å². The molecule has 1 atom stereocenters. The van der Waals surface area contributed by atoms with Gasteiger partial charge in [0.05, 0.1) is 0 Å². The van der Waals surface area contributed by atoms with Crippen molar-refractivity contribution < 1.29 is 9.53 Å². The van der Waals surface area contributed by atoms with E-state index >= 15 is 0 Å². The highest BCUT2D eigenvalue weighted by atomic mass is 16.5. The van der Waals surface area contributed by atoms with E-state index < -0.39 is 0 Å². The standard InChI is InChI=1S/C9H19NO2/c1-5-6-7-8(12-4)9(11)10(2)3/h8H,5-7H2,1-4H3. The minimum atomic E-state index is -0.250. The second kappa shape index (κ2) is 6.00. The first-order chi connectivity index (χ1) is 5.63. The van der Waals surface area contributed by atoms with Crippen LogP contribution in [-0.2, 0) is 9.53 Å². The molecule has 0 saturated carbocycles. The summed E-state index contributed by atoms with van der Waals surface area (Å²) in [7, 11) is 5.09. The van der Waals surface area contributed by atoms with Crippen molar-refractivity contribution >= 4 is 5.91 Å². The van der Waals surface area contributed by atoms with Crippen LogP contribution in [0.15, 0.2) is 0 Å². The van der Waals surface area contributed by atoms with Crippen molar-refractivity contribution in [1.82, 2.24) is 4.90 Å². The van der Waals surface area contributed by atoms with Crippen LogP contribution in [0, 0.1) is 0 Å². The summed E-state index contributed by atoms with van der Waals surface area (Å²) in [5.41, 5.74) is 0. The van der Waals surface area contributed by atoms with Crippen LogP contribution in [0.4, 0.5) is 0 Å². The van der Waals surface area contributed by atoms with Gasteiger partial charge in [0.25, 0.3) is 5.91 Å². The maximum Gasteiger partial charge on any atom is 0.251 e. The number of unbranched alkanes of at least 4 members (excludes halogenated alkanes) is 1. The number of methoxy groups -OCH3 is 1. The molecule has 0 saturated heterocycles. The van der Waals surface area contributed by atoms with E-state index in [1.54, 1.807) is 26.1 Å².